The number of hydrogen-bond acceptors (Lipinski definition) is 3. The molecule has 3 rings (SSSR count). The first-order valence-corrected chi connectivity index (χ1v) is 10.3. The Hall–Kier alpha value is -3.12. The van der Waals surface area contributed by atoms with Gasteiger partial charge >= 0.3 is 0 Å². The van der Waals surface area contributed by atoms with Crippen LogP contribution in [-0.2, 0) is 12.6 Å². The molecule has 1 aromatic heterocycles. The first-order valence-electron chi connectivity index (χ1n) is 10.3. The van der Waals surface area contributed by atoms with Crippen molar-refractivity contribution in [3.8, 4) is 0 Å². The van der Waals surface area contributed by atoms with Crippen LogP contribution in [-0.4, -0.2) is 40.5 Å². The summed E-state index contributed by atoms with van der Waals surface area (Å²) in [6, 6.07) is 20.9. The van der Waals surface area contributed by atoms with Crippen molar-refractivity contribution in [2.45, 2.75) is 25.4 Å². The Morgan fingerprint density at radius 2 is 1.67 bits per heavy atom. The molecule has 0 fully saturated rings. The summed E-state index contributed by atoms with van der Waals surface area (Å²) in [6.07, 6.45) is 3.49. The van der Waals surface area contributed by atoms with E-state index < -0.39 is 5.60 Å². The van der Waals surface area contributed by atoms with E-state index in [1.807, 2.05) is 32.3 Å². The van der Waals surface area contributed by atoms with Crippen LogP contribution in [0.1, 0.15) is 36.5 Å². The molecule has 3 N–H and O–H groups in total. The van der Waals surface area contributed by atoms with Crippen molar-refractivity contribution in [2.24, 2.45) is 12.0 Å². The van der Waals surface area contributed by atoms with Gasteiger partial charge in [-0.1, -0.05) is 60.7 Å². The fourth-order valence-corrected chi connectivity index (χ4v) is 3.36. The van der Waals surface area contributed by atoms with Gasteiger partial charge in [-0.3, -0.25) is 4.68 Å². The van der Waals surface area contributed by atoms with E-state index in [2.05, 4.69) is 69.3 Å². The van der Waals surface area contributed by atoms with Crippen molar-refractivity contribution in [3.63, 3.8) is 0 Å². The lowest BCUT2D eigenvalue weighted by molar-refractivity contribution is 0.0672. The van der Waals surface area contributed by atoms with E-state index in [-0.39, 0.29) is 12.5 Å². The van der Waals surface area contributed by atoms with E-state index in [0.29, 0.717) is 12.5 Å². The molecular weight excluding hydrogens is 374 g/mol. The Morgan fingerprint density at radius 3 is 2.17 bits per heavy atom. The van der Waals surface area contributed by atoms with E-state index >= 15 is 0 Å². The molecule has 0 amide bonds. The van der Waals surface area contributed by atoms with Gasteiger partial charge in [0.1, 0.15) is 5.60 Å². The molecule has 1 heterocycles. The molecule has 30 heavy (non-hydrogen) atoms. The number of aliphatic imine (C=N–C) groups is 1. The second kappa shape index (κ2) is 10.1. The van der Waals surface area contributed by atoms with Gasteiger partial charge in [0.2, 0.25) is 0 Å². The van der Waals surface area contributed by atoms with Crippen LogP contribution in [0.5, 0.6) is 0 Å². The van der Waals surface area contributed by atoms with Gasteiger partial charge in [-0.15, -0.1) is 0 Å². The van der Waals surface area contributed by atoms with Crippen molar-refractivity contribution < 1.29 is 5.11 Å². The van der Waals surface area contributed by atoms with Gasteiger partial charge in [-0.05, 0) is 25.0 Å². The highest BCUT2D eigenvalue weighted by atomic mass is 16.3. The zero-order valence-corrected chi connectivity index (χ0v) is 17.9. The maximum atomic E-state index is 10.8. The van der Waals surface area contributed by atoms with Crippen LogP contribution in [0.15, 0.2) is 78.0 Å². The molecule has 6 heteroatoms. The SMILES string of the molecule is CCNC(=NCC(C)(O)c1cnn(C)c1)NCC(c1ccccc1)c1ccccc1. The Bertz CT molecular complexity index is 895. The lowest BCUT2D eigenvalue weighted by atomic mass is 9.91. The van der Waals surface area contributed by atoms with Crippen molar-refractivity contribution in [2.75, 3.05) is 19.6 Å². The topological polar surface area (TPSA) is 74.5 Å². The summed E-state index contributed by atoms with van der Waals surface area (Å²) in [5, 5.41) is 21.7. The summed E-state index contributed by atoms with van der Waals surface area (Å²) in [7, 11) is 1.84. The number of rotatable bonds is 8. The Morgan fingerprint density at radius 1 is 1.07 bits per heavy atom. The average molecular weight is 406 g/mol. The fraction of sp³-hybridized carbons (Fsp3) is 0.333. The van der Waals surface area contributed by atoms with Crippen LogP contribution >= 0.6 is 0 Å². The number of aryl methyl sites for hydroxylation is 1. The number of guanidine groups is 1. The van der Waals surface area contributed by atoms with Gasteiger partial charge in [-0.2, -0.15) is 5.10 Å². The zero-order valence-electron chi connectivity index (χ0n) is 17.9. The molecular formula is C24H31N5O. The number of aliphatic hydroxyl groups is 1. The standard InChI is InChI=1S/C24H31N5O/c1-4-25-23(27-18-24(2,30)21-15-28-29(3)17-21)26-16-22(19-11-7-5-8-12-19)20-13-9-6-10-14-20/h5-15,17,22,30H,4,16,18H2,1-3H3,(H2,25,26,27). The third kappa shape index (κ3) is 5.70. The molecule has 3 aromatic rings. The second-order valence-electron chi connectivity index (χ2n) is 7.63. The van der Waals surface area contributed by atoms with Crippen LogP contribution in [0.4, 0.5) is 0 Å². The van der Waals surface area contributed by atoms with Crippen LogP contribution in [0.3, 0.4) is 0 Å². The van der Waals surface area contributed by atoms with E-state index in [4.69, 9.17) is 0 Å². The molecule has 6 nitrogen and oxygen atoms in total. The monoisotopic (exact) mass is 405 g/mol. The predicted molar refractivity (Wildman–Crippen MR) is 121 cm³/mol. The van der Waals surface area contributed by atoms with Crippen LogP contribution < -0.4 is 10.6 Å². The summed E-state index contributed by atoms with van der Waals surface area (Å²) in [5.41, 5.74) is 2.15. The highest BCUT2D eigenvalue weighted by Crippen LogP contribution is 2.24. The molecule has 0 saturated carbocycles. The highest BCUT2D eigenvalue weighted by Gasteiger charge is 2.24. The van der Waals surface area contributed by atoms with Gasteiger partial charge in [0.15, 0.2) is 5.96 Å². The molecule has 0 aliphatic heterocycles. The summed E-state index contributed by atoms with van der Waals surface area (Å²) in [5.74, 6) is 0.869. The van der Waals surface area contributed by atoms with Gasteiger partial charge in [0.25, 0.3) is 0 Å². The van der Waals surface area contributed by atoms with Crippen molar-refractivity contribution in [1.82, 2.24) is 20.4 Å². The first kappa shape index (κ1) is 21.6. The number of aromatic nitrogens is 2. The van der Waals surface area contributed by atoms with Crippen LogP contribution in [0.2, 0.25) is 0 Å². The minimum absolute atomic E-state index is 0.190. The van der Waals surface area contributed by atoms with Gasteiger partial charge in [0.05, 0.1) is 12.7 Å². The zero-order chi connectivity index (χ0) is 21.4. The third-order valence-electron chi connectivity index (χ3n) is 5.09. The molecule has 0 bridgehead atoms. The predicted octanol–water partition coefficient (Wildman–Crippen LogP) is 3.01. The van der Waals surface area contributed by atoms with Crippen LogP contribution in [0, 0.1) is 0 Å². The van der Waals surface area contributed by atoms with E-state index in [1.54, 1.807) is 17.8 Å². The largest absolute Gasteiger partial charge is 0.383 e. The number of benzene rings is 2. The molecule has 1 unspecified atom stereocenters. The molecule has 1 atom stereocenters. The van der Waals surface area contributed by atoms with Crippen LogP contribution in [0.25, 0.3) is 0 Å². The smallest absolute Gasteiger partial charge is 0.191 e. The molecule has 0 saturated heterocycles. The second-order valence-corrected chi connectivity index (χ2v) is 7.63. The minimum Gasteiger partial charge on any atom is -0.383 e. The van der Waals surface area contributed by atoms with Gasteiger partial charge in [-0.25, -0.2) is 4.99 Å². The van der Waals surface area contributed by atoms with Gasteiger partial charge in [0, 0.05) is 37.8 Å². The number of nitrogens with one attached hydrogen (secondary N) is 2. The maximum absolute atomic E-state index is 10.8. The average Bonchev–Trinajstić information content (AvgIpc) is 3.21. The van der Waals surface area contributed by atoms with Crippen molar-refractivity contribution in [3.05, 3.63) is 89.7 Å². The summed E-state index contributed by atoms with van der Waals surface area (Å²) < 4.78 is 1.68. The summed E-state index contributed by atoms with van der Waals surface area (Å²) in [6.45, 7) is 5.45. The summed E-state index contributed by atoms with van der Waals surface area (Å²) >= 11 is 0. The van der Waals surface area contributed by atoms with E-state index in [0.717, 1.165) is 12.1 Å². The normalized spacial score (nSPS) is 13.8. The van der Waals surface area contributed by atoms with E-state index in [9.17, 15) is 5.11 Å². The van der Waals surface area contributed by atoms with Crippen molar-refractivity contribution >= 4 is 5.96 Å². The molecule has 158 valence electrons. The summed E-state index contributed by atoms with van der Waals surface area (Å²) in [4.78, 5) is 4.64. The fourth-order valence-electron chi connectivity index (χ4n) is 3.36. The molecule has 0 aliphatic carbocycles. The van der Waals surface area contributed by atoms with Crippen molar-refractivity contribution in [1.29, 1.82) is 0 Å². The Labute approximate surface area is 178 Å². The molecule has 2 aromatic carbocycles. The highest BCUT2D eigenvalue weighted by molar-refractivity contribution is 5.80. The Kier molecular flexibility index (Phi) is 7.25. The molecule has 0 spiro atoms. The lowest BCUT2D eigenvalue weighted by Crippen LogP contribution is -2.40. The lowest BCUT2D eigenvalue weighted by Gasteiger charge is -2.23. The van der Waals surface area contributed by atoms with E-state index in [1.165, 1.54) is 11.1 Å². The third-order valence-corrected chi connectivity index (χ3v) is 5.09. The number of nitrogens with zero attached hydrogens (tertiary/aromatic N) is 3. The quantitative estimate of drug-likeness (QED) is 0.398. The van der Waals surface area contributed by atoms with Gasteiger partial charge < -0.3 is 15.7 Å². The maximum Gasteiger partial charge on any atom is 0.191 e. The number of hydrogen-bond donors (Lipinski definition) is 3. The molecule has 0 radical (unpaired) electrons. The minimum atomic E-state index is -1.09. The first-order chi connectivity index (χ1) is 14.5. The Balaban J connectivity index is 1.75. The molecule has 0 aliphatic rings.